The van der Waals surface area contributed by atoms with E-state index in [1.165, 1.54) is 158 Å². The van der Waals surface area contributed by atoms with Gasteiger partial charge in [-0.2, -0.15) is 0 Å². The second-order valence-corrected chi connectivity index (χ2v) is 25.8. The molecule has 2 heterocycles. The molecule has 2 fully saturated rings. The fourth-order valence-corrected chi connectivity index (χ4v) is 12.9. The minimum atomic E-state index is -0.419. The number of rotatable bonds is 19. The van der Waals surface area contributed by atoms with Gasteiger partial charge in [0.1, 0.15) is 0 Å². The summed E-state index contributed by atoms with van der Waals surface area (Å²) in [6.45, 7) is 28.7. The molecule has 3 aliphatic rings. The van der Waals surface area contributed by atoms with Crippen molar-refractivity contribution in [3.63, 3.8) is 0 Å². The van der Waals surface area contributed by atoms with Gasteiger partial charge in [-0.25, -0.2) is 0 Å². The molecule has 6 aromatic rings. The third kappa shape index (κ3) is 11.6. The Kier molecular flexibility index (Phi) is 18.0. The van der Waals surface area contributed by atoms with Crippen LogP contribution in [-0.4, -0.2) is 36.6 Å². The summed E-state index contributed by atoms with van der Waals surface area (Å²) in [4.78, 5) is 0. The van der Waals surface area contributed by atoms with E-state index in [9.17, 15) is 0 Å². The maximum absolute atomic E-state index is 6.60. The Labute approximate surface area is 464 Å². The Morgan fingerprint density at radius 2 is 0.892 bits per heavy atom. The van der Waals surface area contributed by atoms with E-state index in [0.29, 0.717) is 0 Å². The second-order valence-electron chi connectivity index (χ2n) is 24.2. The van der Waals surface area contributed by atoms with Gasteiger partial charge in [0.2, 0.25) is 0 Å². The zero-order chi connectivity index (χ0) is 53.2. The van der Waals surface area contributed by atoms with E-state index in [1.807, 2.05) is 0 Å². The van der Waals surface area contributed by atoms with E-state index in [0.717, 1.165) is 29.7 Å². The predicted molar refractivity (Wildman–Crippen MR) is 325 cm³/mol. The molecule has 4 nitrogen and oxygen atoms in total. The highest BCUT2D eigenvalue weighted by Crippen LogP contribution is 2.53. The summed E-state index contributed by atoms with van der Waals surface area (Å²) >= 11 is 7.67. The van der Waals surface area contributed by atoms with Gasteiger partial charge in [-0.3, -0.25) is 0 Å². The van der Waals surface area contributed by atoms with Gasteiger partial charge in [-0.1, -0.05) is 183 Å². The summed E-state index contributed by atoms with van der Waals surface area (Å²) in [5, 5.41) is 5.13. The quantitative estimate of drug-likeness (QED) is 0.0460. The summed E-state index contributed by atoms with van der Waals surface area (Å²) in [5.41, 5.74) is 11.1. The summed E-state index contributed by atoms with van der Waals surface area (Å²) in [5.74, 6) is 0.796. The largest absolute Gasteiger partial charge is 0.494 e. The van der Waals surface area contributed by atoms with E-state index in [2.05, 4.69) is 219 Å². The van der Waals surface area contributed by atoms with Crippen LogP contribution in [0.3, 0.4) is 0 Å². The zero-order valence-electron chi connectivity index (χ0n) is 47.5. The molecule has 8 heteroatoms. The Morgan fingerprint density at radius 1 is 0.446 bits per heavy atom. The molecular weight excluding hydrogens is 1040 g/mol. The van der Waals surface area contributed by atoms with Gasteiger partial charge < -0.3 is 18.6 Å². The molecule has 0 N–H and O–H groups in total. The maximum atomic E-state index is 6.60. The van der Waals surface area contributed by atoms with Gasteiger partial charge in [0.15, 0.2) is 0 Å². The summed E-state index contributed by atoms with van der Waals surface area (Å²) in [6.07, 6.45) is 18.8. The van der Waals surface area contributed by atoms with Crippen LogP contribution in [0.25, 0.3) is 32.7 Å². The molecule has 0 saturated carbocycles. The summed E-state index contributed by atoms with van der Waals surface area (Å²) in [6, 6.07) is 36.8. The first-order valence-electron chi connectivity index (χ1n) is 28.6. The lowest BCUT2D eigenvalue weighted by atomic mass is 9.69. The Bertz CT molecular complexity index is 2770. The molecule has 2 saturated heterocycles. The standard InChI is InChI=1S/C44H62B2O4.C22H24Br2/c1-12-14-16-18-20-31-26-32(21-19-17-15-13-2)28-33(27-31)44(11)38-29-34(45-47-40(3,4)41(5,6)48-45)22-24-36(38)37-25-23-35(30-39(37)44)46-49-42(7,8)43(9,10)50-46;1-3-5-8-15(4-2)13-16-11-12-19-20(14-16)22(24)18-10-7-6-9-17(18)21(19)23/h22-30H,12-21H2,1-11H3;6-7,9-12,14-15H,3-5,8,13H2,1-2H3. The number of hydrogen-bond acceptors (Lipinski definition) is 4. The topological polar surface area (TPSA) is 36.9 Å². The highest BCUT2D eigenvalue weighted by molar-refractivity contribution is 9.11. The molecule has 74 heavy (non-hydrogen) atoms. The van der Waals surface area contributed by atoms with Crippen LogP contribution < -0.4 is 10.9 Å². The fourth-order valence-electron chi connectivity index (χ4n) is 11.5. The van der Waals surface area contributed by atoms with E-state index in [4.69, 9.17) is 18.6 Å². The maximum Gasteiger partial charge on any atom is 0.494 e. The Balaban J connectivity index is 0.000000253. The molecule has 0 radical (unpaired) electrons. The van der Waals surface area contributed by atoms with Crippen molar-refractivity contribution in [2.75, 3.05) is 0 Å². The molecule has 0 spiro atoms. The van der Waals surface area contributed by atoms with Crippen molar-refractivity contribution in [2.24, 2.45) is 5.92 Å². The molecular formula is C66H86B2Br2O4. The molecule has 1 aliphatic carbocycles. The van der Waals surface area contributed by atoms with E-state index in [-0.39, 0.29) is 5.41 Å². The van der Waals surface area contributed by atoms with E-state index < -0.39 is 36.6 Å². The normalized spacial score (nSPS) is 18.1. The lowest BCUT2D eigenvalue weighted by Gasteiger charge is -2.32. The molecule has 1 atom stereocenters. The van der Waals surface area contributed by atoms with Crippen molar-refractivity contribution in [3.8, 4) is 11.1 Å². The van der Waals surface area contributed by atoms with Crippen LogP contribution >= 0.6 is 31.9 Å². The minimum Gasteiger partial charge on any atom is -0.399 e. The van der Waals surface area contributed by atoms with Crippen molar-refractivity contribution in [1.29, 1.82) is 0 Å². The van der Waals surface area contributed by atoms with E-state index >= 15 is 0 Å². The molecule has 0 bridgehead atoms. The summed E-state index contributed by atoms with van der Waals surface area (Å²) < 4.78 is 28.8. The molecule has 6 aromatic carbocycles. The van der Waals surface area contributed by atoms with Crippen molar-refractivity contribution in [3.05, 3.63) is 139 Å². The molecule has 1 unspecified atom stereocenters. The first-order valence-corrected chi connectivity index (χ1v) is 30.2. The van der Waals surface area contributed by atoms with Gasteiger partial charge in [0.25, 0.3) is 0 Å². The number of fused-ring (bicyclic) bond motifs is 5. The Hall–Kier alpha value is -3.23. The third-order valence-electron chi connectivity index (χ3n) is 17.8. The SMILES string of the molecule is CCCCC(CC)Cc1ccc2c(Br)c3ccccc3c(Br)c2c1.CCCCCCc1cc(CCCCCC)cc(C2(C)c3cc(B4OC(C)(C)C(C)(C)O4)ccc3-c3ccc(B4OC(C)(C)C(C)(C)O4)cc32)c1. The fraction of sp³-hybridized carbons (Fsp3) is 0.515. The monoisotopic (exact) mass is 1120 g/mol. The number of halogens is 2. The van der Waals surface area contributed by atoms with Crippen molar-refractivity contribution >= 4 is 78.6 Å². The number of unbranched alkanes of at least 4 members (excludes halogenated alkanes) is 7. The molecule has 9 rings (SSSR count). The van der Waals surface area contributed by atoms with Crippen LogP contribution in [0, 0.1) is 5.92 Å². The first-order chi connectivity index (χ1) is 35.2. The summed E-state index contributed by atoms with van der Waals surface area (Å²) in [7, 11) is -0.838. The van der Waals surface area contributed by atoms with E-state index in [1.54, 1.807) is 0 Å². The molecule has 0 amide bonds. The lowest BCUT2D eigenvalue weighted by molar-refractivity contribution is 0.00578. The predicted octanol–water partition coefficient (Wildman–Crippen LogP) is 18.1. The van der Waals surface area contributed by atoms with Crippen LogP contribution in [0.1, 0.15) is 200 Å². The molecule has 0 aromatic heterocycles. The van der Waals surface area contributed by atoms with Gasteiger partial charge in [-0.15, -0.1) is 0 Å². The molecule has 2 aliphatic heterocycles. The number of benzene rings is 6. The van der Waals surface area contributed by atoms with Gasteiger partial charge in [0.05, 0.1) is 22.4 Å². The van der Waals surface area contributed by atoms with Gasteiger partial charge in [0, 0.05) is 14.4 Å². The zero-order valence-corrected chi connectivity index (χ0v) is 50.6. The Morgan fingerprint density at radius 3 is 1.34 bits per heavy atom. The van der Waals surface area contributed by atoms with Crippen LogP contribution in [0.5, 0.6) is 0 Å². The average molecular weight is 1120 g/mol. The van der Waals surface area contributed by atoms with Crippen molar-refractivity contribution < 1.29 is 18.6 Å². The highest BCUT2D eigenvalue weighted by Gasteiger charge is 2.54. The highest BCUT2D eigenvalue weighted by atomic mass is 79.9. The van der Waals surface area contributed by atoms with Crippen LogP contribution in [0.15, 0.2) is 106 Å². The average Bonchev–Trinajstić information content (AvgIpc) is 3.87. The minimum absolute atomic E-state index is 0.387. The second kappa shape index (κ2) is 23.4. The third-order valence-corrected chi connectivity index (χ3v) is 19.5. The van der Waals surface area contributed by atoms with Crippen molar-refractivity contribution in [1.82, 2.24) is 0 Å². The van der Waals surface area contributed by atoms with Crippen LogP contribution in [-0.2, 0) is 43.3 Å². The van der Waals surface area contributed by atoms with Gasteiger partial charge >= 0.3 is 14.2 Å². The van der Waals surface area contributed by atoms with Crippen LogP contribution in [0.4, 0.5) is 0 Å². The number of aryl methyl sites for hydroxylation is 2. The van der Waals surface area contributed by atoms with Gasteiger partial charge in [-0.05, 0) is 215 Å². The van der Waals surface area contributed by atoms with Crippen LogP contribution in [0.2, 0.25) is 0 Å². The lowest BCUT2D eigenvalue weighted by Crippen LogP contribution is -2.41. The molecule has 394 valence electrons. The first kappa shape index (κ1) is 57.0. The smallest absolute Gasteiger partial charge is 0.399 e. The number of hydrogen-bond donors (Lipinski definition) is 0. The van der Waals surface area contributed by atoms with Crippen molar-refractivity contribution in [2.45, 2.75) is 214 Å².